The van der Waals surface area contributed by atoms with Crippen molar-refractivity contribution >= 4 is 10.0 Å². The Labute approximate surface area is 87.3 Å². The maximum atomic E-state index is 11.6. The van der Waals surface area contributed by atoms with Crippen LogP contribution in [0.5, 0.6) is 0 Å². The van der Waals surface area contributed by atoms with Gasteiger partial charge in [0, 0.05) is 5.54 Å². The van der Waals surface area contributed by atoms with Crippen molar-refractivity contribution in [3.05, 3.63) is 0 Å². The summed E-state index contributed by atoms with van der Waals surface area (Å²) >= 11 is 0. The predicted octanol–water partition coefficient (Wildman–Crippen LogP) is 2.04. The number of hydrogen-bond acceptors (Lipinski definition) is 2. The van der Waals surface area contributed by atoms with Gasteiger partial charge in [0.25, 0.3) is 0 Å². The monoisotopic (exact) mass is 219 g/mol. The Bertz CT molecular complexity index is 266. The summed E-state index contributed by atoms with van der Waals surface area (Å²) in [7, 11) is -3.04. The first-order chi connectivity index (χ1) is 6.47. The highest BCUT2D eigenvalue weighted by Crippen LogP contribution is 2.28. The van der Waals surface area contributed by atoms with Gasteiger partial charge in [-0.25, -0.2) is 13.1 Å². The van der Waals surface area contributed by atoms with Crippen molar-refractivity contribution in [3.8, 4) is 0 Å². The SMILES string of the molecule is CCCS(=O)(=O)NC1(C)CCCCC1. The Hall–Kier alpha value is -0.0900. The Morgan fingerprint density at radius 1 is 1.21 bits per heavy atom. The summed E-state index contributed by atoms with van der Waals surface area (Å²) in [5.74, 6) is 0.253. The van der Waals surface area contributed by atoms with E-state index < -0.39 is 10.0 Å². The van der Waals surface area contributed by atoms with Gasteiger partial charge in [-0.2, -0.15) is 0 Å². The van der Waals surface area contributed by atoms with Gasteiger partial charge in [-0.05, 0) is 26.2 Å². The summed E-state index contributed by atoms with van der Waals surface area (Å²) in [5, 5.41) is 0. The molecule has 1 rings (SSSR count). The molecule has 0 heterocycles. The molecule has 0 spiro atoms. The van der Waals surface area contributed by atoms with Crippen LogP contribution in [0.15, 0.2) is 0 Å². The lowest BCUT2D eigenvalue weighted by atomic mass is 9.84. The van der Waals surface area contributed by atoms with E-state index in [0.29, 0.717) is 6.42 Å². The van der Waals surface area contributed by atoms with Gasteiger partial charge in [-0.1, -0.05) is 26.2 Å². The number of sulfonamides is 1. The minimum atomic E-state index is -3.04. The van der Waals surface area contributed by atoms with Gasteiger partial charge in [0.15, 0.2) is 0 Å². The lowest BCUT2D eigenvalue weighted by Gasteiger charge is -2.34. The molecule has 1 aliphatic rings. The highest BCUT2D eigenvalue weighted by Gasteiger charge is 2.30. The van der Waals surface area contributed by atoms with Gasteiger partial charge in [0.2, 0.25) is 10.0 Å². The van der Waals surface area contributed by atoms with E-state index in [4.69, 9.17) is 0 Å². The third-order valence-corrected chi connectivity index (χ3v) is 4.58. The Balaban J connectivity index is 2.57. The summed E-state index contributed by atoms with van der Waals surface area (Å²) in [6.07, 6.45) is 6.18. The molecule has 1 aliphatic carbocycles. The third-order valence-electron chi connectivity index (χ3n) is 2.83. The average Bonchev–Trinajstić information content (AvgIpc) is 2.02. The van der Waals surface area contributed by atoms with Gasteiger partial charge >= 0.3 is 0 Å². The molecule has 1 fully saturated rings. The van der Waals surface area contributed by atoms with E-state index >= 15 is 0 Å². The van der Waals surface area contributed by atoms with E-state index in [0.717, 1.165) is 25.7 Å². The standard InChI is InChI=1S/C10H21NO2S/c1-3-9-14(12,13)11-10(2)7-5-4-6-8-10/h11H,3-9H2,1-2H3. The second kappa shape index (κ2) is 4.62. The van der Waals surface area contributed by atoms with Crippen LogP contribution in [0.3, 0.4) is 0 Å². The predicted molar refractivity (Wildman–Crippen MR) is 58.7 cm³/mol. The zero-order valence-corrected chi connectivity index (χ0v) is 9.99. The van der Waals surface area contributed by atoms with Gasteiger partial charge in [0.1, 0.15) is 0 Å². The van der Waals surface area contributed by atoms with Gasteiger partial charge in [0.05, 0.1) is 5.75 Å². The van der Waals surface area contributed by atoms with Crippen molar-refractivity contribution in [1.29, 1.82) is 0 Å². The molecule has 4 heteroatoms. The minimum absolute atomic E-state index is 0.174. The highest BCUT2D eigenvalue weighted by atomic mass is 32.2. The lowest BCUT2D eigenvalue weighted by Crippen LogP contribution is -2.47. The molecule has 0 aliphatic heterocycles. The lowest BCUT2D eigenvalue weighted by molar-refractivity contribution is 0.294. The second-order valence-electron chi connectivity index (χ2n) is 4.54. The normalized spacial score (nSPS) is 22.1. The average molecular weight is 219 g/mol. The molecule has 0 amide bonds. The molecule has 0 atom stereocenters. The third kappa shape index (κ3) is 3.58. The zero-order valence-electron chi connectivity index (χ0n) is 9.17. The summed E-state index contributed by atoms with van der Waals surface area (Å²) in [5.41, 5.74) is -0.174. The molecule has 0 aromatic heterocycles. The molecule has 0 aromatic rings. The first-order valence-electron chi connectivity index (χ1n) is 5.49. The van der Waals surface area contributed by atoms with Crippen LogP contribution in [-0.2, 0) is 10.0 Å². The minimum Gasteiger partial charge on any atom is -0.212 e. The van der Waals surface area contributed by atoms with E-state index in [1.54, 1.807) is 0 Å². The van der Waals surface area contributed by atoms with E-state index in [-0.39, 0.29) is 11.3 Å². The Morgan fingerprint density at radius 3 is 2.29 bits per heavy atom. The number of rotatable bonds is 4. The number of hydrogen-bond donors (Lipinski definition) is 1. The molecule has 0 bridgehead atoms. The molecular weight excluding hydrogens is 198 g/mol. The van der Waals surface area contributed by atoms with Crippen LogP contribution in [0.2, 0.25) is 0 Å². The molecule has 84 valence electrons. The molecule has 1 saturated carbocycles. The molecule has 0 aromatic carbocycles. The summed E-state index contributed by atoms with van der Waals surface area (Å²) in [6, 6.07) is 0. The van der Waals surface area contributed by atoms with Gasteiger partial charge < -0.3 is 0 Å². The molecule has 3 nitrogen and oxygen atoms in total. The van der Waals surface area contributed by atoms with Crippen LogP contribution in [0.1, 0.15) is 52.4 Å². The molecular formula is C10H21NO2S. The largest absolute Gasteiger partial charge is 0.212 e. The van der Waals surface area contributed by atoms with Crippen LogP contribution in [-0.4, -0.2) is 19.7 Å². The van der Waals surface area contributed by atoms with Crippen LogP contribution < -0.4 is 4.72 Å². The van der Waals surface area contributed by atoms with E-state index in [1.165, 1.54) is 6.42 Å². The van der Waals surface area contributed by atoms with E-state index in [2.05, 4.69) is 4.72 Å². The molecule has 14 heavy (non-hydrogen) atoms. The summed E-state index contributed by atoms with van der Waals surface area (Å²) < 4.78 is 26.0. The van der Waals surface area contributed by atoms with Gasteiger partial charge in [-0.3, -0.25) is 0 Å². The van der Waals surface area contributed by atoms with Crippen LogP contribution in [0.25, 0.3) is 0 Å². The van der Waals surface area contributed by atoms with Gasteiger partial charge in [-0.15, -0.1) is 0 Å². The van der Waals surface area contributed by atoms with Crippen molar-refractivity contribution < 1.29 is 8.42 Å². The fraction of sp³-hybridized carbons (Fsp3) is 1.00. The van der Waals surface area contributed by atoms with E-state index in [1.807, 2.05) is 13.8 Å². The first-order valence-corrected chi connectivity index (χ1v) is 7.14. The van der Waals surface area contributed by atoms with Crippen molar-refractivity contribution in [2.45, 2.75) is 57.9 Å². The molecule has 0 unspecified atom stereocenters. The fourth-order valence-electron chi connectivity index (χ4n) is 2.13. The quantitative estimate of drug-likeness (QED) is 0.786. The van der Waals surface area contributed by atoms with Crippen LogP contribution in [0, 0.1) is 0 Å². The smallest absolute Gasteiger partial charge is 0.212 e. The second-order valence-corrected chi connectivity index (χ2v) is 6.38. The fourth-order valence-corrected chi connectivity index (χ4v) is 3.72. The highest BCUT2D eigenvalue weighted by molar-refractivity contribution is 7.89. The molecule has 0 radical (unpaired) electrons. The van der Waals surface area contributed by atoms with Crippen molar-refractivity contribution in [2.24, 2.45) is 0 Å². The summed E-state index contributed by atoms with van der Waals surface area (Å²) in [4.78, 5) is 0. The van der Waals surface area contributed by atoms with Crippen molar-refractivity contribution in [3.63, 3.8) is 0 Å². The van der Waals surface area contributed by atoms with Crippen LogP contribution >= 0.6 is 0 Å². The molecule has 0 saturated heterocycles. The number of nitrogens with one attached hydrogen (secondary N) is 1. The van der Waals surface area contributed by atoms with E-state index in [9.17, 15) is 8.42 Å². The topological polar surface area (TPSA) is 46.2 Å². The van der Waals surface area contributed by atoms with Crippen molar-refractivity contribution in [1.82, 2.24) is 4.72 Å². The summed E-state index contributed by atoms with van der Waals surface area (Å²) in [6.45, 7) is 3.92. The first kappa shape index (κ1) is 12.0. The van der Waals surface area contributed by atoms with Crippen LogP contribution in [0.4, 0.5) is 0 Å². The maximum Gasteiger partial charge on any atom is 0.212 e. The van der Waals surface area contributed by atoms with Crippen molar-refractivity contribution in [2.75, 3.05) is 5.75 Å². The molecule has 1 N–H and O–H groups in total. The maximum absolute atomic E-state index is 11.6. The Morgan fingerprint density at radius 2 is 1.79 bits per heavy atom. The Kier molecular flexibility index (Phi) is 3.95. The zero-order chi connectivity index (χ0) is 10.7.